The van der Waals surface area contributed by atoms with Crippen LogP contribution in [0.25, 0.3) is 0 Å². The maximum absolute atomic E-state index is 11.9. The Bertz CT molecular complexity index is 434. The fraction of sp³-hybridized carbons (Fsp3) is 0.818. The minimum atomic E-state index is -3.09. The lowest BCUT2D eigenvalue weighted by atomic mass is 10.2. The van der Waals surface area contributed by atoms with E-state index in [1.54, 1.807) is 6.92 Å². The zero-order valence-corrected chi connectivity index (χ0v) is 11.8. The van der Waals surface area contributed by atoms with Gasteiger partial charge in [0.25, 0.3) is 0 Å². The summed E-state index contributed by atoms with van der Waals surface area (Å²) >= 11 is 0. The van der Waals surface area contributed by atoms with Gasteiger partial charge in [-0.25, -0.2) is 8.42 Å². The fourth-order valence-electron chi connectivity index (χ4n) is 2.08. The first-order chi connectivity index (χ1) is 8.91. The number of hydrogen-bond acceptors (Lipinski definition) is 5. The lowest BCUT2D eigenvalue weighted by molar-refractivity contribution is -0.147. The molecule has 1 atom stereocenters. The first-order valence-electron chi connectivity index (χ1n) is 6.31. The van der Waals surface area contributed by atoms with E-state index in [-0.39, 0.29) is 24.7 Å². The summed E-state index contributed by atoms with van der Waals surface area (Å²) in [5.41, 5.74) is 0. The maximum atomic E-state index is 11.9. The minimum absolute atomic E-state index is 0.0627. The second-order valence-corrected chi connectivity index (χ2v) is 6.71. The summed E-state index contributed by atoms with van der Waals surface area (Å²) in [5, 5.41) is 11.0. The summed E-state index contributed by atoms with van der Waals surface area (Å²) in [6, 6.07) is -0.411. The monoisotopic (exact) mass is 292 g/mol. The Hall–Kier alpha value is -1.15. The lowest BCUT2D eigenvalue weighted by Gasteiger charge is -2.26. The van der Waals surface area contributed by atoms with E-state index in [0.29, 0.717) is 19.4 Å². The molecule has 7 nitrogen and oxygen atoms in total. The Morgan fingerprint density at radius 1 is 1.42 bits per heavy atom. The normalized spacial score (nSPS) is 21.1. The third-order valence-electron chi connectivity index (χ3n) is 3.07. The van der Waals surface area contributed by atoms with Crippen molar-refractivity contribution in [1.29, 1.82) is 0 Å². The van der Waals surface area contributed by atoms with Gasteiger partial charge in [0.1, 0.15) is 0 Å². The van der Waals surface area contributed by atoms with Crippen LogP contribution in [0.2, 0.25) is 0 Å². The SMILES string of the molecule is CCN(C(=O)C(=O)NCCCO)C1CCS(=O)(=O)C1. The average Bonchev–Trinajstić information content (AvgIpc) is 2.70. The number of sulfone groups is 1. The number of aliphatic hydroxyl groups is 1. The van der Waals surface area contributed by atoms with Gasteiger partial charge in [0.05, 0.1) is 11.5 Å². The smallest absolute Gasteiger partial charge is 0.312 e. The molecular formula is C11H20N2O5S. The highest BCUT2D eigenvalue weighted by Crippen LogP contribution is 2.17. The molecule has 1 aliphatic heterocycles. The number of aliphatic hydroxyl groups excluding tert-OH is 1. The number of carbonyl (C=O) groups is 2. The van der Waals surface area contributed by atoms with Gasteiger partial charge in [0, 0.05) is 25.7 Å². The molecule has 0 aromatic carbocycles. The van der Waals surface area contributed by atoms with E-state index in [0.717, 1.165) is 0 Å². The van der Waals surface area contributed by atoms with Crippen molar-refractivity contribution in [2.75, 3.05) is 31.2 Å². The molecule has 0 bridgehead atoms. The van der Waals surface area contributed by atoms with Crippen molar-refractivity contribution in [1.82, 2.24) is 10.2 Å². The number of carbonyl (C=O) groups excluding carboxylic acids is 2. The van der Waals surface area contributed by atoms with Gasteiger partial charge in [-0.2, -0.15) is 0 Å². The van der Waals surface area contributed by atoms with Crippen molar-refractivity contribution in [3.8, 4) is 0 Å². The van der Waals surface area contributed by atoms with Crippen LogP contribution in [0.5, 0.6) is 0 Å². The molecule has 0 aromatic heterocycles. The first-order valence-corrected chi connectivity index (χ1v) is 8.13. The van der Waals surface area contributed by atoms with Crippen LogP contribution in [-0.4, -0.2) is 67.5 Å². The molecule has 1 aliphatic rings. The summed E-state index contributed by atoms with van der Waals surface area (Å²) in [6.45, 7) is 2.17. The highest BCUT2D eigenvalue weighted by Gasteiger charge is 2.35. The summed E-state index contributed by atoms with van der Waals surface area (Å²) in [6.07, 6.45) is 0.759. The van der Waals surface area contributed by atoms with E-state index in [9.17, 15) is 18.0 Å². The van der Waals surface area contributed by atoms with Crippen molar-refractivity contribution in [3.05, 3.63) is 0 Å². The topological polar surface area (TPSA) is 104 Å². The molecule has 2 N–H and O–H groups in total. The van der Waals surface area contributed by atoms with Crippen molar-refractivity contribution in [2.24, 2.45) is 0 Å². The molecule has 1 heterocycles. The van der Waals surface area contributed by atoms with Crippen LogP contribution in [0, 0.1) is 0 Å². The minimum Gasteiger partial charge on any atom is -0.396 e. The number of hydrogen-bond donors (Lipinski definition) is 2. The van der Waals surface area contributed by atoms with E-state index in [1.807, 2.05) is 0 Å². The molecule has 8 heteroatoms. The van der Waals surface area contributed by atoms with Gasteiger partial charge in [0.15, 0.2) is 9.84 Å². The van der Waals surface area contributed by atoms with Crippen LogP contribution < -0.4 is 5.32 Å². The van der Waals surface area contributed by atoms with Crippen LogP contribution >= 0.6 is 0 Å². The fourth-order valence-corrected chi connectivity index (χ4v) is 3.81. The second kappa shape index (κ2) is 6.85. The molecule has 0 spiro atoms. The number of likely N-dealkylation sites (N-methyl/N-ethyl adjacent to an activating group) is 1. The van der Waals surface area contributed by atoms with Gasteiger partial charge in [-0.1, -0.05) is 0 Å². The Morgan fingerprint density at radius 2 is 2.11 bits per heavy atom. The molecule has 1 fully saturated rings. The van der Waals surface area contributed by atoms with Gasteiger partial charge >= 0.3 is 11.8 Å². The summed E-state index contributed by atoms with van der Waals surface area (Å²) in [5.74, 6) is -1.47. The van der Waals surface area contributed by atoms with Crippen LogP contribution in [0.4, 0.5) is 0 Å². The van der Waals surface area contributed by atoms with Gasteiger partial charge in [0.2, 0.25) is 0 Å². The number of rotatable bonds is 5. The van der Waals surface area contributed by atoms with E-state index < -0.39 is 27.7 Å². The molecule has 110 valence electrons. The van der Waals surface area contributed by atoms with Crippen LogP contribution in [0.3, 0.4) is 0 Å². The Kier molecular flexibility index (Phi) is 5.74. The van der Waals surface area contributed by atoms with Crippen LogP contribution in [0.1, 0.15) is 19.8 Å². The molecule has 0 radical (unpaired) electrons. The van der Waals surface area contributed by atoms with Gasteiger partial charge < -0.3 is 15.3 Å². The Labute approximate surface area is 112 Å². The third-order valence-corrected chi connectivity index (χ3v) is 4.82. The maximum Gasteiger partial charge on any atom is 0.312 e. The van der Waals surface area contributed by atoms with Gasteiger partial charge in [-0.15, -0.1) is 0 Å². The lowest BCUT2D eigenvalue weighted by Crippen LogP contribution is -2.48. The molecule has 0 aromatic rings. The van der Waals surface area contributed by atoms with Crippen molar-refractivity contribution >= 4 is 21.7 Å². The molecule has 19 heavy (non-hydrogen) atoms. The molecule has 1 rings (SSSR count). The summed E-state index contributed by atoms with van der Waals surface area (Å²) in [4.78, 5) is 24.8. The quantitative estimate of drug-likeness (QED) is 0.475. The molecule has 0 saturated carbocycles. The Balaban J connectivity index is 2.59. The molecule has 2 amide bonds. The zero-order valence-electron chi connectivity index (χ0n) is 11.0. The van der Waals surface area contributed by atoms with Crippen LogP contribution in [-0.2, 0) is 19.4 Å². The highest BCUT2D eigenvalue weighted by molar-refractivity contribution is 7.91. The van der Waals surface area contributed by atoms with Crippen molar-refractivity contribution < 1.29 is 23.1 Å². The number of amides is 2. The largest absolute Gasteiger partial charge is 0.396 e. The highest BCUT2D eigenvalue weighted by atomic mass is 32.2. The number of nitrogens with one attached hydrogen (secondary N) is 1. The zero-order chi connectivity index (χ0) is 14.5. The van der Waals surface area contributed by atoms with Crippen molar-refractivity contribution in [2.45, 2.75) is 25.8 Å². The summed E-state index contributed by atoms with van der Waals surface area (Å²) < 4.78 is 22.8. The van der Waals surface area contributed by atoms with Crippen LogP contribution in [0.15, 0.2) is 0 Å². The Morgan fingerprint density at radius 3 is 2.58 bits per heavy atom. The van der Waals surface area contributed by atoms with E-state index >= 15 is 0 Å². The first kappa shape index (κ1) is 15.9. The average molecular weight is 292 g/mol. The predicted molar refractivity (Wildman–Crippen MR) is 69.2 cm³/mol. The van der Waals surface area contributed by atoms with E-state index in [1.165, 1.54) is 4.90 Å². The molecule has 0 aliphatic carbocycles. The van der Waals surface area contributed by atoms with Gasteiger partial charge in [-0.3, -0.25) is 9.59 Å². The van der Waals surface area contributed by atoms with E-state index in [4.69, 9.17) is 5.11 Å². The van der Waals surface area contributed by atoms with Crippen molar-refractivity contribution in [3.63, 3.8) is 0 Å². The predicted octanol–water partition coefficient (Wildman–Crippen LogP) is -1.48. The molecular weight excluding hydrogens is 272 g/mol. The van der Waals surface area contributed by atoms with E-state index in [2.05, 4.69) is 5.32 Å². The number of nitrogens with zero attached hydrogens (tertiary/aromatic N) is 1. The second-order valence-electron chi connectivity index (χ2n) is 4.48. The standard InChI is InChI=1S/C11H20N2O5S/c1-2-13(9-4-7-19(17,18)8-9)11(16)10(15)12-5-3-6-14/h9,14H,2-8H2,1H3,(H,12,15). The molecule has 1 saturated heterocycles. The van der Waals surface area contributed by atoms with Gasteiger partial charge in [-0.05, 0) is 19.8 Å². The summed E-state index contributed by atoms with van der Waals surface area (Å²) in [7, 11) is -3.09. The third kappa shape index (κ3) is 4.46. The molecule has 1 unspecified atom stereocenters.